The first kappa shape index (κ1) is 18.0. The lowest BCUT2D eigenvalue weighted by atomic mass is 9.87. The first-order valence-electron chi connectivity index (χ1n) is 9.10. The molecule has 1 saturated carbocycles. The highest BCUT2D eigenvalue weighted by Crippen LogP contribution is 2.35. The molecule has 1 saturated heterocycles. The Labute approximate surface area is 146 Å². The fourth-order valence-electron chi connectivity index (χ4n) is 3.74. The molecule has 1 heterocycles. The normalized spacial score (nSPS) is 21.4. The van der Waals surface area contributed by atoms with Crippen LogP contribution < -0.4 is 14.8 Å². The van der Waals surface area contributed by atoms with Crippen molar-refractivity contribution >= 4 is 5.91 Å². The zero-order chi connectivity index (χ0) is 17.6. The number of ether oxygens (including phenoxy) is 2. The molecule has 6 heteroatoms. The van der Waals surface area contributed by atoms with Crippen LogP contribution in [-0.2, 0) is 4.79 Å². The predicted molar refractivity (Wildman–Crippen MR) is 90.1 cm³/mol. The maximum absolute atomic E-state index is 12.6. The van der Waals surface area contributed by atoms with E-state index >= 15 is 0 Å². The van der Waals surface area contributed by atoms with E-state index in [9.17, 15) is 13.6 Å². The van der Waals surface area contributed by atoms with Crippen molar-refractivity contribution in [2.45, 2.75) is 57.5 Å². The molecule has 1 aliphatic heterocycles. The van der Waals surface area contributed by atoms with Crippen LogP contribution in [0.5, 0.6) is 11.5 Å². The highest BCUT2D eigenvalue weighted by molar-refractivity contribution is 5.79. The Hall–Kier alpha value is -1.85. The summed E-state index contributed by atoms with van der Waals surface area (Å²) in [5, 5.41) is 2.79. The van der Waals surface area contributed by atoms with Crippen molar-refractivity contribution in [3.05, 3.63) is 23.8 Å². The van der Waals surface area contributed by atoms with Gasteiger partial charge in [0.15, 0.2) is 11.5 Å². The molecule has 25 heavy (non-hydrogen) atoms. The molecular weight excluding hydrogens is 328 g/mol. The minimum atomic E-state index is -2.89. The van der Waals surface area contributed by atoms with Crippen LogP contribution in [0, 0.1) is 5.92 Å². The summed E-state index contributed by atoms with van der Waals surface area (Å²) in [5.41, 5.74) is 0.910. The molecule has 0 radical (unpaired) electrons. The van der Waals surface area contributed by atoms with E-state index < -0.39 is 6.61 Å². The second kappa shape index (κ2) is 8.50. The van der Waals surface area contributed by atoms with Gasteiger partial charge in [-0.05, 0) is 30.0 Å². The van der Waals surface area contributed by atoms with E-state index in [1.807, 2.05) is 0 Å². The average Bonchev–Trinajstić information content (AvgIpc) is 3.03. The molecule has 1 atom stereocenters. The zero-order valence-electron chi connectivity index (χ0n) is 14.3. The molecule has 4 nitrogen and oxygen atoms in total. The predicted octanol–water partition coefficient (Wildman–Crippen LogP) is 4.24. The van der Waals surface area contributed by atoms with E-state index in [0.717, 1.165) is 12.0 Å². The molecule has 0 aromatic heterocycles. The maximum Gasteiger partial charge on any atom is 0.387 e. The van der Waals surface area contributed by atoms with Crippen molar-refractivity contribution < 1.29 is 23.0 Å². The Bertz CT molecular complexity index is 588. The van der Waals surface area contributed by atoms with Gasteiger partial charge in [-0.15, -0.1) is 0 Å². The molecular formula is C19H25F2NO3. The van der Waals surface area contributed by atoms with Crippen LogP contribution in [0.15, 0.2) is 18.2 Å². The third-order valence-electron chi connectivity index (χ3n) is 5.14. The molecule has 2 fully saturated rings. The maximum atomic E-state index is 12.6. The number of carbonyl (C=O) groups excluding carboxylic acids is 1. The SMILES string of the molecule is O=C1CC(c2ccc(OC(F)F)c(OCCC3CCCCC3)c2)CN1. The molecule has 2 aliphatic rings. The van der Waals surface area contributed by atoms with Crippen molar-refractivity contribution in [3.63, 3.8) is 0 Å². The van der Waals surface area contributed by atoms with E-state index in [-0.39, 0.29) is 17.6 Å². The topological polar surface area (TPSA) is 47.6 Å². The Morgan fingerprint density at radius 2 is 1.96 bits per heavy atom. The van der Waals surface area contributed by atoms with Gasteiger partial charge < -0.3 is 14.8 Å². The molecule has 1 aliphatic carbocycles. The summed E-state index contributed by atoms with van der Waals surface area (Å²) in [5.74, 6) is 1.12. The van der Waals surface area contributed by atoms with Crippen LogP contribution in [0.2, 0.25) is 0 Å². The van der Waals surface area contributed by atoms with Gasteiger partial charge in [0.2, 0.25) is 5.91 Å². The summed E-state index contributed by atoms with van der Waals surface area (Å²) in [6, 6.07) is 4.99. The first-order chi connectivity index (χ1) is 12.1. The number of halogens is 2. The van der Waals surface area contributed by atoms with Gasteiger partial charge in [-0.25, -0.2) is 0 Å². The lowest BCUT2D eigenvalue weighted by Crippen LogP contribution is -2.13. The minimum Gasteiger partial charge on any atom is -0.490 e. The summed E-state index contributed by atoms with van der Waals surface area (Å²) >= 11 is 0. The van der Waals surface area contributed by atoms with Crippen molar-refractivity contribution in [1.29, 1.82) is 0 Å². The van der Waals surface area contributed by atoms with E-state index in [2.05, 4.69) is 10.1 Å². The largest absolute Gasteiger partial charge is 0.490 e. The molecule has 1 N–H and O–H groups in total. The molecule has 138 valence electrons. The monoisotopic (exact) mass is 353 g/mol. The molecule has 0 bridgehead atoms. The number of amides is 1. The quantitative estimate of drug-likeness (QED) is 0.797. The number of hydrogen-bond acceptors (Lipinski definition) is 3. The van der Waals surface area contributed by atoms with Crippen LogP contribution in [0.4, 0.5) is 8.78 Å². The van der Waals surface area contributed by atoms with E-state index in [0.29, 0.717) is 31.2 Å². The lowest BCUT2D eigenvalue weighted by Gasteiger charge is -2.22. The molecule has 3 rings (SSSR count). The molecule has 1 aromatic carbocycles. The van der Waals surface area contributed by atoms with Gasteiger partial charge >= 0.3 is 6.61 Å². The molecule has 1 aromatic rings. The van der Waals surface area contributed by atoms with Gasteiger partial charge in [0.1, 0.15) is 0 Å². The number of carbonyl (C=O) groups is 1. The fourth-order valence-corrected chi connectivity index (χ4v) is 3.74. The summed E-state index contributed by atoms with van der Waals surface area (Å²) in [7, 11) is 0. The van der Waals surface area contributed by atoms with Crippen LogP contribution in [-0.4, -0.2) is 25.7 Å². The van der Waals surface area contributed by atoms with Gasteiger partial charge in [0.25, 0.3) is 0 Å². The van der Waals surface area contributed by atoms with Crippen molar-refractivity contribution in [2.24, 2.45) is 5.92 Å². The van der Waals surface area contributed by atoms with Gasteiger partial charge in [0.05, 0.1) is 6.61 Å². The average molecular weight is 353 g/mol. The second-order valence-corrected chi connectivity index (χ2v) is 6.93. The van der Waals surface area contributed by atoms with E-state index in [1.165, 1.54) is 38.2 Å². The fraction of sp³-hybridized carbons (Fsp3) is 0.632. The Kier molecular flexibility index (Phi) is 6.10. The summed E-state index contributed by atoms with van der Waals surface area (Å²) < 4.78 is 35.7. The standard InChI is InChI=1S/C19H25F2NO3/c20-19(21)25-16-7-6-14(15-11-18(23)22-12-15)10-17(16)24-9-8-13-4-2-1-3-5-13/h6-7,10,13,15,19H,1-5,8-9,11-12H2,(H,22,23). The van der Waals surface area contributed by atoms with Gasteiger partial charge in [-0.1, -0.05) is 38.2 Å². The third kappa shape index (κ3) is 5.06. The Balaban J connectivity index is 1.65. The van der Waals surface area contributed by atoms with E-state index in [1.54, 1.807) is 12.1 Å². The smallest absolute Gasteiger partial charge is 0.387 e. The minimum absolute atomic E-state index is 0.0117. The van der Waals surface area contributed by atoms with E-state index in [4.69, 9.17) is 4.74 Å². The Morgan fingerprint density at radius 3 is 2.64 bits per heavy atom. The van der Waals surface area contributed by atoms with Crippen molar-refractivity contribution in [3.8, 4) is 11.5 Å². The van der Waals surface area contributed by atoms with Crippen LogP contribution in [0.1, 0.15) is 56.4 Å². The van der Waals surface area contributed by atoms with Gasteiger partial charge in [-0.2, -0.15) is 8.78 Å². The van der Waals surface area contributed by atoms with Gasteiger partial charge in [-0.3, -0.25) is 4.79 Å². The number of rotatable bonds is 7. The molecule has 1 unspecified atom stereocenters. The van der Waals surface area contributed by atoms with Crippen LogP contribution in [0.25, 0.3) is 0 Å². The highest BCUT2D eigenvalue weighted by Gasteiger charge is 2.24. The van der Waals surface area contributed by atoms with Gasteiger partial charge in [0, 0.05) is 18.9 Å². The summed E-state index contributed by atoms with van der Waals surface area (Å²) in [6.07, 6.45) is 7.63. The van der Waals surface area contributed by atoms with Crippen molar-refractivity contribution in [2.75, 3.05) is 13.2 Å². The highest BCUT2D eigenvalue weighted by atomic mass is 19.3. The molecule has 0 spiro atoms. The summed E-state index contributed by atoms with van der Waals surface area (Å²) in [6.45, 7) is -1.83. The van der Waals surface area contributed by atoms with Crippen molar-refractivity contribution in [1.82, 2.24) is 5.32 Å². The third-order valence-corrected chi connectivity index (χ3v) is 5.14. The number of benzene rings is 1. The molecule has 1 amide bonds. The number of hydrogen-bond donors (Lipinski definition) is 1. The number of nitrogens with one attached hydrogen (secondary N) is 1. The first-order valence-corrected chi connectivity index (χ1v) is 9.10. The lowest BCUT2D eigenvalue weighted by molar-refractivity contribution is -0.119. The summed E-state index contributed by atoms with van der Waals surface area (Å²) in [4.78, 5) is 11.4. The number of alkyl halides is 2. The Morgan fingerprint density at radius 1 is 1.16 bits per heavy atom. The zero-order valence-corrected chi connectivity index (χ0v) is 14.3. The second-order valence-electron chi connectivity index (χ2n) is 6.93. The van der Waals surface area contributed by atoms with Crippen LogP contribution >= 0.6 is 0 Å². The van der Waals surface area contributed by atoms with Crippen LogP contribution in [0.3, 0.4) is 0 Å².